The molecule has 0 radical (unpaired) electrons. The summed E-state index contributed by atoms with van der Waals surface area (Å²) < 4.78 is 76.6. The first-order chi connectivity index (χ1) is 42.5. The van der Waals surface area contributed by atoms with Gasteiger partial charge in [-0.1, -0.05) is 0 Å². The van der Waals surface area contributed by atoms with Crippen molar-refractivity contribution in [2.75, 3.05) is 46.2 Å². The highest BCUT2D eigenvalue weighted by Crippen LogP contribution is 2.38. The number of aliphatic hydroxyl groups excluding tert-OH is 19. The van der Waals surface area contributed by atoms with Gasteiger partial charge in [0.15, 0.2) is 44.0 Å². The van der Waals surface area contributed by atoms with Gasteiger partial charge in [0.1, 0.15) is 171 Å². The summed E-state index contributed by atoms with van der Waals surface area (Å²) in [7, 11) is 0. The van der Waals surface area contributed by atoms with E-state index in [1.807, 2.05) is 0 Å². The quantitative estimate of drug-likeness (QED) is 0.0452. The van der Waals surface area contributed by atoms with E-state index in [-0.39, 0.29) is 0 Å². The number of carbonyl (C=O) groups is 4. The fraction of sp³-hybridized carbons (Fsp3) is 0.920. The van der Waals surface area contributed by atoms with Crippen molar-refractivity contribution in [2.45, 2.75) is 242 Å². The van der Waals surface area contributed by atoms with Crippen LogP contribution in [0.5, 0.6) is 0 Å². The van der Waals surface area contributed by atoms with Crippen LogP contribution in [0, 0.1) is 0 Å². The minimum atomic E-state index is -2.45. The fourth-order valence-corrected chi connectivity index (χ4v) is 11.5. The van der Waals surface area contributed by atoms with Crippen LogP contribution in [0.1, 0.15) is 27.7 Å². The summed E-state index contributed by atoms with van der Waals surface area (Å²) in [5.74, 6) is -3.28. The number of hydrogen-bond donors (Lipinski definition) is 23. The van der Waals surface area contributed by atoms with Crippen molar-refractivity contribution < 1.29 is 178 Å². The zero-order valence-corrected chi connectivity index (χ0v) is 48.6. The van der Waals surface area contributed by atoms with E-state index in [0.717, 1.165) is 27.7 Å². The summed E-state index contributed by atoms with van der Waals surface area (Å²) >= 11 is 0. The molecular weight excluding hydrogens is 1230 g/mol. The lowest BCUT2D eigenvalue weighted by Gasteiger charge is -2.51. The molecule has 23 N–H and O–H groups in total. The van der Waals surface area contributed by atoms with Crippen molar-refractivity contribution in [3.05, 3.63) is 0 Å². The molecule has 7 heterocycles. The summed E-state index contributed by atoms with van der Waals surface area (Å²) in [6, 6.07) is -6.84. The predicted octanol–water partition coefficient (Wildman–Crippen LogP) is -15.7. The van der Waals surface area contributed by atoms with E-state index in [1.165, 1.54) is 0 Å². The summed E-state index contributed by atoms with van der Waals surface area (Å²) in [6.07, 6.45) is -61.9. The smallest absolute Gasteiger partial charge is 0.217 e. The van der Waals surface area contributed by atoms with E-state index in [2.05, 4.69) is 21.3 Å². The lowest BCUT2D eigenvalue weighted by molar-refractivity contribution is -0.396. The van der Waals surface area contributed by atoms with Crippen LogP contribution in [-0.2, 0) is 80.8 Å². The van der Waals surface area contributed by atoms with Crippen molar-refractivity contribution in [1.29, 1.82) is 0 Å². The van der Waals surface area contributed by atoms with Crippen LogP contribution in [0.3, 0.4) is 0 Å². The third-order valence-corrected chi connectivity index (χ3v) is 16.1. The van der Waals surface area contributed by atoms with Crippen LogP contribution in [0.15, 0.2) is 0 Å². The molecule has 35 atom stereocenters. The molecule has 40 nitrogen and oxygen atoms in total. The van der Waals surface area contributed by atoms with Gasteiger partial charge < -0.3 is 180 Å². The van der Waals surface area contributed by atoms with Gasteiger partial charge in [-0.3, -0.25) is 19.2 Å². The van der Waals surface area contributed by atoms with E-state index in [9.17, 15) is 116 Å². The zero-order chi connectivity index (χ0) is 66.5. The second-order valence-corrected chi connectivity index (χ2v) is 22.5. The van der Waals surface area contributed by atoms with Gasteiger partial charge in [0, 0.05) is 27.7 Å². The number of nitrogens with one attached hydrogen (secondary N) is 4. The number of aliphatic hydroxyl groups is 19. The molecule has 40 heteroatoms. The van der Waals surface area contributed by atoms with Crippen molar-refractivity contribution in [2.24, 2.45) is 0 Å². The molecular formula is C50H84N4O36. The number of rotatable bonds is 23. The first-order valence-corrected chi connectivity index (χ1v) is 28.6. The maximum Gasteiger partial charge on any atom is 0.217 e. The van der Waals surface area contributed by atoms with Crippen molar-refractivity contribution in [3.63, 3.8) is 0 Å². The number of amides is 4. The first-order valence-electron chi connectivity index (χ1n) is 28.6. The third-order valence-electron chi connectivity index (χ3n) is 16.1. The van der Waals surface area contributed by atoms with E-state index in [1.54, 1.807) is 0 Å². The van der Waals surface area contributed by atoms with E-state index < -0.39 is 285 Å². The Morgan fingerprint density at radius 3 is 1.01 bits per heavy atom. The van der Waals surface area contributed by atoms with Gasteiger partial charge in [0.2, 0.25) is 23.6 Å². The Hall–Kier alpha value is -3.40. The molecule has 0 spiro atoms. The number of hydrogen-bond acceptors (Lipinski definition) is 36. The Labute approximate surface area is 510 Å². The molecule has 7 aliphatic heterocycles. The molecule has 0 aromatic rings. The molecule has 0 aromatic heterocycles. The Morgan fingerprint density at radius 1 is 0.289 bits per heavy atom. The Morgan fingerprint density at radius 2 is 0.589 bits per heavy atom. The van der Waals surface area contributed by atoms with E-state index >= 15 is 0 Å². The average molecular weight is 1320 g/mol. The van der Waals surface area contributed by atoms with Crippen LogP contribution < -0.4 is 21.3 Å². The van der Waals surface area contributed by atoms with Crippen LogP contribution in [0.25, 0.3) is 0 Å². The molecule has 520 valence electrons. The normalized spacial score (nSPS) is 47.6. The maximum atomic E-state index is 12.8. The maximum absolute atomic E-state index is 12.8. The third kappa shape index (κ3) is 16.4. The molecule has 90 heavy (non-hydrogen) atoms. The molecule has 4 amide bonds. The van der Waals surface area contributed by atoms with E-state index in [0.29, 0.717) is 0 Å². The Bertz CT molecular complexity index is 2310. The van der Waals surface area contributed by atoms with Gasteiger partial charge in [0.05, 0.1) is 46.2 Å². The number of ether oxygens (including phenoxy) is 13. The zero-order valence-electron chi connectivity index (χ0n) is 48.6. The van der Waals surface area contributed by atoms with Crippen LogP contribution in [0.2, 0.25) is 0 Å². The van der Waals surface area contributed by atoms with Gasteiger partial charge >= 0.3 is 0 Å². The minimum Gasteiger partial charge on any atom is -0.394 e. The minimum absolute atomic E-state index is 0.751. The van der Waals surface area contributed by atoms with Crippen LogP contribution in [0.4, 0.5) is 0 Å². The first kappa shape index (κ1) is 74.0. The standard InChI is InChI=1S/C50H84N4O36/c1-12(61)51-23-34(72)39(20(9-59)79-44(23)77)86-47-26(54-15(4)64)35(73)40(21(10-60)84-47)87-48-38(76)41(88-50-43(37(75)30(68)19(8-58)83-50)90-46-25(53-14(3)63)33(71)28(66)17(6-56)81-46)31(69)22(85-48)11-78-49-42(36(74)29(67)18(7-57)82-49)89-45-24(52-13(2)62)32(70)27(65)16(5-55)80-45/h16-50,55-60,65-77H,5-11H2,1-4H3,(H,51,61)(H,52,62)(H,53,63)(H,54,64)/t16?,17?,18?,19-,20?,21?,22?,23-,24-,25-,26-,27+,28+,29+,30+,31+,32?,33?,34?,35?,36?,37?,38+,39+,40+,41?,42+,43?,44+,45-,46-,47-,48-,49-,50+/m0/s1. The molecule has 14 unspecified atom stereocenters. The molecule has 0 aromatic carbocycles. The molecule has 7 aliphatic rings. The highest BCUT2D eigenvalue weighted by atomic mass is 16.8. The lowest BCUT2D eigenvalue weighted by Crippen LogP contribution is -2.70. The average Bonchev–Trinajstić information content (AvgIpc) is 0.805. The largest absolute Gasteiger partial charge is 0.394 e. The monoisotopic (exact) mass is 1320 g/mol. The summed E-state index contributed by atoms with van der Waals surface area (Å²) in [5.41, 5.74) is 0. The van der Waals surface area contributed by atoms with Crippen LogP contribution >= 0.6 is 0 Å². The van der Waals surface area contributed by atoms with Gasteiger partial charge in [-0.2, -0.15) is 0 Å². The molecule has 7 saturated heterocycles. The van der Waals surface area contributed by atoms with Gasteiger partial charge in [-0.05, 0) is 0 Å². The molecule has 0 aliphatic carbocycles. The number of carbonyl (C=O) groups excluding carboxylic acids is 4. The molecule has 0 bridgehead atoms. The van der Waals surface area contributed by atoms with Crippen molar-refractivity contribution in [3.8, 4) is 0 Å². The molecule has 0 saturated carbocycles. The highest BCUT2D eigenvalue weighted by Gasteiger charge is 2.59. The topological polar surface area (TPSA) is 621 Å². The fourth-order valence-electron chi connectivity index (χ4n) is 11.5. The highest BCUT2D eigenvalue weighted by molar-refractivity contribution is 5.74. The van der Waals surface area contributed by atoms with Crippen LogP contribution in [-0.4, -0.2) is 382 Å². The van der Waals surface area contributed by atoms with Crippen molar-refractivity contribution >= 4 is 23.6 Å². The van der Waals surface area contributed by atoms with Gasteiger partial charge in [-0.25, -0.2) is 0 Å². The second kappa shape index (κ2) is 32.4. The summed E-state index contributed by atoms with van der Waals surface area (Å²) in [6.45, 7) is -3.14. The van der Waals surface area contributed by atoms with Gasteiger partial charge in [-0.15, -0.1) is 0 Å². The SMILES string of the molecule is CC(=O)N[C@H]1C(O)[C@H](O)C(CO)O[C@H]1OC1C(O)[C@H](O)[C@H](CO)O[C@@H]1OC1[C@H](O)C(CO[C@H]2OC(CO)[C@@H](O)C(O)[C@H]2O[C@@H]2OC(CO)[C@@H](O)C(O)[C@@H]2NC(C)=O)O[C@@H](O[C@@H]2C(CO)O[C@@H](O[C@@H]3C(CO)O[C@@H](O)[C@@H](NC(C)=O)C3O)[C@@H](NC(C)=O)C2O)[C@@H]1O. The van der Waals surface area contributed by atoms with Gasteiger partial charge in [0.25, 0.3) is 0 Å². The van der Waals surface area contributed by atoms with E-state index in [4.69, 9.17) is 61.6 Å². The Kier molecular flexibility index (Phi) is 26.6. The van der Waals surface area contributed by atoms with Crippen molar-refractivity contribution in [1.82, 2.24) is 21.3 Å². The Balaban J connectivity index is 1.25. The molecule has 7 fully saturated rings. The molecule has 7 rings (SSSR count). The lowest BCUT2D eigenvalue weighted by atomic mass is 9.93. The summed E-state index contributed by atoms with van der Waals surface area (Å²) in [5, 5.41) is 218. The second-order valence-electron chi connectivity index (χ2n) is 22.5. The predicted molar refractivity (Wildman–Crippen MR) is 278 cm³/mol. The summed E-state index contributed by atoms with van der Waals surface area (Å²) in [4.78, 5) is 49.5.